The molecule has 0 aliphatic rings. The van der Waals surface area contributed by atoms with Crippen LogP contribution < -0.4 is 4.74 Å². The Balaban J connectivity index is 1.79. The fourth-order valence-corrected chi connectivity index (χ4v) is 3.83. The van der Waals surface area contributed by atoms with Gasteiger partial charge in [0, 0.05) is 17.4 Å². The molecule has 0 radical (unpaired) electrons. The predicted molar refractivity (Wildman–Crippen MR) is 107 cm³/mol. The van der Waals surface area contributed by atoms with E-state index in [-0.39, 0.29) is 0 Å². The molecule has 1 N–H and O–H groups in total. The summed E-state index contributed by atoms with van der Waals surface area (Å²) in [6.45, 7) is 5.46. The number of thiazole rings is 1. The fraction of sp³-hybridized carbons (Fsp3) is 0.250. The molecule has 138 valence electrons. The number of ether oxygens (including phenoxy) is 1. The topological polar surface area (TPSA) is 73.1 Å². The van der Waals surface area contributed by atoms with Gasteiger partial charge in [-0.1, -0.05) is 23.5 Å². The molecule has 3 aromatic heterocycles. The van der Waals surface area contributed by atoms with Crippen LogP contribution in [0.4, 0.5) is 0 Å². The van der Waals surface area contributed by atoms with Crippen molar-refractivity contribution in [1.82, 2.24) is 19.5 Å². The second-order valence-corrected chi connectivity index (χ2v) is 7.85. The normalized spacial score (nSPS) is 11.9. The van der Waals surface area contributed by atoms with Gasteiger partial charge < -0.3 is 9.84 Å². The zero-order chi connectivity index (χ0) is 19.2. The minimum atomic E-state index is -0.951. The van der Waals surface area contributed by atoms with Gasteiger partial charge in [-0.05, 0) is 44.5 Å². The van der Waals surface area contributed by atoms with Gasteiger partial charge in [0.05, 0.1) is 23.3 Å². The Morgan fingerprint density at radius 1 is 1.19 bits per heavy atom. The molecule has 0 saturated heterocycles. The Bertz CT molecular complexity index is 1120. The van der Waals surface area contributed by atoms with Crippen LogP contribution in [0.15, 0.2) is 42.9 Å². The first-order valence-corrected chi connectivity index (χ1v) is 9.36. The summed E-state index contributed by atoms with van der Waals surface area (Å²) in [5.74, 6) is 0. The Labute approximate surface area is 161 Å². The number of aryl methyl sites for hydroxylation is 1. The predicted octanol–water partition coefficient (Wildman–Crippen LogP) is 4.09. The molecule has 0 unspecified atom stereocenters. The molecule has 3 heterocycles. The number of benzene rings is 1. The maximum absolute atomic E-state index is 10.2. The number of hydrogen-bond acceptors (Lipinski definition) is 6. The third-order valence-electron chi connectivity index (χ3n) is 4.43. The van der Waals surface area contributed by atoms with E-state index in [0.29, 0.717) is 5.19 Å². The monoisotopic (exact) mass is 380 g/mol. The molecule has 0 aliphatic carbocycles. The summed E-state index contributed by atoms with van der Waals surface area (Å²) in [7, 11) is 1.63. The van der Waals surface area contributed by atoms with E-state index < -0.39 is 5.60 Å². The minimum Gasteiger partial charge on any atom is -0.473 e. The molecular weight excluding hydrogens is 360 g/mol. The summed E-state index contributed by atoms with van der Waals surface area (Å²) < 4.78 is 7.20. The first-order valence-electron chi connectivity index (χ1n) is 8.55. The van der Waals surface area contributed by atoms with Gasteiger partial charge in [-0.2, -0.15) is 0 Å². The highest BCUT2D eigenvalue weighted by Gasteiger charge is 2.18. The van der Waals surface area contributed by atoms with E-state index >= 15 is 0 Å². The Morgan fingerprint density at radius 3 is 2.70 bits per heavy atom. The van der Waals surface area contributed by atoms with E-state index in [9.17, 15) is 5.11 Å². The lowest BCUT2D eigenvalue weighted by atomic mass is 10.0. The first kappa shape index (κ1) is 17.6. The van der Waals surface area contributed by atoms with Crippen molar-refractivity contribution in [2.45, 2.75) is 26.4 Å². The van der Waals surface area contributed by atoms with Crippen LogP contribution in [0, 0.1) is 6.92 Å². The Kier molecular flexibility index (Phi) is 4.20. The molecule has 0 atom stereocenters. The van der Waals surface area contributed by atoms with Crippen molar-refractivity contribution in [3.63, 3.8) is 0 Å². The quantitative estimate of drug-likeness (QED) is 0.577. The Morgan fingerprint density at radius 2 is 2.00 bits per heavy atom. The van der Waals surface area contributed by atoms with E-state index in [1.165, 1.54) is 11.3 Å². The van der Waals surface area contributed by atoms with Crippen molar-refractivity contribution in [1.29, 1.82) is 0 Å². The van der Waals surface area contributed by atoms with Crippen LogP contribution in [0.5, 0.6) is 5.19 Å². The molecule has 0 fully saturated rings. The second kappa shape index (κ2) is 6.44. The lowest BCUT2D eigenvalue weighted by Crippen LogP contribution is -2.15. The molecule has 4 aromatic rings. The van der Waals surface area contributed by atoms with Crippen molar-refractivity contribution in [2.75, 3.05) is 7.11 Å². The van der Waals surface area contributed by atoms with Crippen molar-refractivity contribution < 1.29 is 9.84 Å². The molecule has 0 saturated carbocycles. The molecule has 0 spiro atoms. The lowest BCUT2D eigenvalue weighted by molar-refractivity contribution is 0.0784. The average molecular weight is 380 g/mol. The third kappa shape index (κ3) is 3.20. The van der Waals surface area contributed by atoms with Crippen molar-refractivity contribution in [2.24, 2.45) is 0 Å². The van der Waals surface area contributed by atoms with Crippen molar-refractivity contribution in [3.05, 3.63) is 54.1 Å². The van der Waals surface area contributed by atoms with Crippen LogP contribution in [-0.2, 0) is 5.60 Å². The summed E-state index contributed by atoms with van der Waals surface area (Å²) in [6.07, 6.45) is 3.45. The number of aliphatic hydroxyl groups is 1. The van der Waals surface area contributed by atoms with E-state index in [1.807, 2.05) is 29.7 Å². The van der Waals surface area contributed by atoms with Gasteiger partial charge in [-0.3, -0.25) is 4.57 Å². The summed E-state index contributed by atoms with van der Waals surface area (Å²) in [6, 6.07) is 10.0. The summed E-state index contributed by atoms with van der Waals surface area (Å²) in [4.78, 5) is 14.5. The Hall–Kier alpha value is -2.77. The number of rotatable bonds is 4. The van der Waals surface area contributed by atoms with Gasteiger partial charge in [-0.15, -0.1) is 0 Å². The van der Waals surface area contributed by atoms with Gasteiger partial charge in [0.25, 0.3) is 5.19 Å². The largest absolute Gasteiger partial charge is 0.473 e. The summed E-state index contributed by atoms with van der Waals surface area (Å²) in [5.41, 5.74) is 4.26. The maximum Gasteiger partial charge on any atom is 0.273 e. The summed E-state index contributed by atoms with van der Waals surface area (Å²) >= 11 is 1.53. The number of fused-ring (bicyclic) bond motifs is 1. The van der Waals surface area contributed by atoms with Crippen LogP contribution >= 0.6 is 11.3 Å². The molecule has 6 nitrogen and oxygen atoms in total. The number of imidazole rings is 1. The van der Waals surface area contributed by atoms with Crippen LogP contribution in [0.2, 0.25) is 0 Å². The first-order chi connectivity index (χ1) is 12.9. The highest BCUT2D eigenvalue weighted by molar-refractivity contribution is 7.17. The minimum absolute atomic E-state index is 0.654. The van der Waals surface area contributed by atoms with Crippen LogP contribution in [0.3, 0.4) is 0 Å². The molecular formula is C20H20N4O2S. The standard InChI is InChI=1S/C20H20N4O2S/c1-12-17(27-19(23-12)26-4)13-6-5-7-15(8-13)24-11-22-16-9-14(20(2,3)25)10-21-18(16)24/h5-11,25H,1-4H3. The van der Waals surface area contributed by atoms with Gasteiger partial charge in [0.1, 0.15) is 11.8 Å². The zero-order valence-corrected chi connectivity index (χ0v) is 16.4. The molecule has 4 rings (SSSR count). The number of hydrogen-bond donors (Lipinski definition) is 1. The number of nitrogens with zero attached hydrogens (tertiary/aromatic N) is 4. The van der Waals surface area contributed by atoms with Gasteiger partial charge in [0.15, 0.2) is 5.65 Å². The molecule has 0 bridgehead atoms. The lowest BCUT2D eigenvalue weighted by Gasteiger charge is -2.16. The third-order valence-corrected chi connectivity index (χ3v) is 5.60. The van der Waals surface area contributed by atoms with Crippen LogP contribution in [-0.4, -0.2) is 31.7 Å². The van der Waals surface area contributed by atoms with Crippen LogP contribution in [0.1, 0.15) is 25.1 Å². The summed E-state index contributed by atoms with van der Waals surface area (Å²) in [5, 5.41) is 10.8. The van der Waals surface area contributed by atoms with E-state index in [0.717, 1.165) is 38.5 Å². The van der Waals surface area contributed by atoms with Gasteiger partial charge >= 0.3 is 0 Å². The van der Waals surface area contributed by atoms with Gasteiger partial charge in [0.2, 0.25) is 0 Å². The number of methoxy groups -OCH3 is 1. The van der Waals surface area contributed by atoms with Gasteiger partial charge in [-0.25, -0.2) is 15.0 Å². The van der Waals surface area contributed by atoms with Crippen molar-refractivity contribution in [3.8, 4) is 21.3 Å². The molecule has 1 aromatic carbocycles. The highest BCUT2D eigenvalue weighted by atomic mass is 32.1. The number of pyridine rings is 1. The highest BCUT2D eigenvalue weighted by Crippen LogP contribution is 2.35. The van der Waals surface area contributed by atoms with E-state index in [1.54, 1.807) is 33.5 Å². The molecule has 0 aliphatic heterocycles. The van der Waals surface area contributed by atoms with E-state index in [2.05, 4.69) is 27.1 Å². The number of aromatic nitrogens is 4. The second-order valence-electron chi connectivity index (χ2n) is 6.89. The maximum atomic E-state index is 10.2. The molecule has 7 heteroatoms. The smallest absolute Gasteiger partial charge is 0.273 e. The van der Waals surface area contributed by atoms with Crippen molar-refractivity contribution >= 4 is 22.5 Å². The molecule has 27 heavy (non-hydrogen) atoms. The zero-order valence-electron chi connectivity index (χ0n) is 15.6. The molecule has 0 amide bonds. The van der Waals surface area contributed by atoms with Crippen LogP contribution in [0.25, 0.3) is 27.3 Å². The fourth-order valence-electron chi connectivity index (χ4n) is 2.95. The average Bonchev–Trinajstić information content (AvgIpc) is 3.23. The SMILES string of the molecule is COc1nc(C)c(-c2cccc(-n3cnc4cc(C(C)(C)O)cnc43)c2)s1. The van der Waals surface area contributed by atoms with E-state index in [4.69, 9.17) is 4.74 Å².